The summed E-state index contributed by atoms with van der Waals surface area (Å²) in [7, 11) is 1.80. The molecule has 0 amide bonds. The van der Waals surface area contributed by atoms with Crippen molar-refractivity contribution in [3.63, 3.8) is 0 Å². The maximum atomic E-state index is 5.67. The van der Waals surface area contributed by atoms with Gasteiger partial charge in [0.1, 0.15) is 0 Å². The first-order valence-corrected chi connectivity index (χ1v) is 7.52. The molecule has 1 heterocycles. The quantitative estimate of drug-likeness (QED) is 0.721. The first-order chi connectivity index (χ1) is 9.95. The molecule has 0 aliphatic heterocycles. The highest BCUT2D eigenvalue weighted by Crippen LogP contribution is 2.15. The van der Waals surface area contributed by atoms with Gasteiger partial charge in [-0.15, -0.1) is 0 Å². The maximum Gasteiger partial charge on any atom is 0.231 e. The van der Waals surface area contributed by atoms with E-state index in [4.69, 9.17) is 4.74 Å². The van der Waals surface area contributed by atoms with E-state index in [0.717, 1.165) is 13.1 Å². The molecule has 0 aromatic carbocycles. The number of anilines is 3. The molecular weight excluding hydrogens is 268 g/mol. The van der Waals surface area contributed by atoms with Crippen LogP contribution in [0.5, 0.6) is 0 Å². The van der Waals surface area contributed by atoms with E-state index in [0.29, 0.717) is 31.0 Å². The van der Waals surface area contributed by atoms with Crippen LogP contribution in [0.15, 0.2) is 0 Å². The molecule has 7 nitrogen and oxygen atoms in total. The zero-order valence-electron chi connectivity index (χ0n) is 14.0. The Morgan fingerprint density at radius 3 is 2.19 bits per heavy atom. The molecule has 1 rings (SSSR count). The van der Waals surface area contributed by atoms with Crippen molar-refractivity contribution < 1.29 is 4.74 Å². The number of hydrogen-bond acceptors (Lipinski definition) is 7. The fourth-order valence-electron chi connectivity index (χ4n) is 1.94. The van der Waals surface area contributed by atoms with E-state index >= 15 is 0 Å². The summed E-state index contributed by atoms with van der Waals surface area (Å²) in [6.07, 6.45) is 0. The van der Waals surface area contributed by atoms with Gasteiger partial charge in [-0.05, 0) is 34.6 Å². The number of hydrogen-bond donors (Lipinski definition) is 2. The van der Waals surface area contributed by atoms with Crippen molar-refractivity contribution in [1.82, 2.24) is 15.0 Å². The van der Waals surface area contributed by atoms with Gasteiger partial charge in [0.15, 0.2) is 0 Å². The van der Waals surface area contributed by atoms with E-state index in [2.05, 4.69) is 44.3 Å². The van der Waals surface area contributed by atoms with Gasteiger partial charge in [-0.2, -0.15) is 15.0 Å². The van der Waals surface area contributed by atoms with Crippen molar-refractivity contribution >= 4 is 17.8 Å². The topological polar surface area (TPSA) is 75.2 Å². The second-order valence-electron chi connectivity index (χ2n) is 5.25. The predicted octanol–water partition coefficient (Wildman–Crippen LogP) is 1.99. The number of aromatic nitrogens is 3. The number of ether oxygens (including phenoxy) is 1. The fraction of sp³-hybridized carbons (Fsp3) is 0.786. The van der Waals surface area contributed by atoms with E-state index < -0.39 is 0 Å². The first-order valence-electron chi connectivity index (χ1n) is 7.52. The molecule has 0 saturated carbocycles. The van der Waals surface area contributed by atoms with Crippen LogP contribution in [0.25, 0.3) is 0 Å². The van der Waals surface area contributed by atoms with Crippen LogP contribution < -0.4 is 15.5 Å². The Morgan fingerprint density at radius 1 is 1.05 bits per heavy atom. The molecule has 0 saturated heterocycles. The van der Waals surface area contributed by atoms with Crippen LogP contribution in [0.2, 0.25) is 0 Å². The Kier molecular flexibility index (Phi) is 6.61. The second kappa shape index (κ2) is 7.97. The fourth-order valence-corrected chi connectivity index (χ4v) is 1.94. The van der Waals surface area contributed by atoms with Crippen LogP contribution in [0.1, 0.15) is 34.6 Å². The third-order valence-corrected chi connectivity index (χ3v) is 3.10. The summed E-state index contributed by atoms with van der Waals surface area (Å²) < 4.78 is 5.67. The van der Waals surface area contributed by atoms with E-state index in [1.807, 2.05) is 20.8 Å². The lowest BCUT2D eigenvalue weighted by Crippen LogP contribution is -2.34. The third kappa shape index (κ3) is 5.34. The van der Waals surface area contributed by atoms with Gasteiger partial charge in [0.2, 0.25) is 17.8 Å². The van der Waals surface area contributed by atoms with Gasteiger partial charge in [-0.3, -0.25) is 0 Å². The lowest BCUT2D eigenvalue weighted by Gasteiger charge is -2.25. The number of nitrogens with zero attached hydrogens (tertiary/aromatic N) is 4. The molecule has 1 aromatic heterocycles. The second-order valence-corrected chi connectivity index (χ2v) is 5.25. The highest BCUT2D eigenvalue weighted by Gasteiger charge is 2.18. The number of rotatable bonds is 9. The van der Waals surface area contributed by atoms with Crippen molar-refractivity contribution in [2.45, 2.75) is 40.2 Å². The largest absolute Gasteiger partial charge is 0.374 e. The molecule has 0 aliphatic rings. The standard InChI is InChI=1S/C14H28N6O/c1-7-20(8-2)13-18-11(15-6)17-12(19-13)16-10-14(4,5)21-9-3/h7-10H2,1-6H3,(H2,15,16,17,18,19). The summed E-state index contributed by atoms with van der Waals surface area (Å²) in [6, 6.07) is 0. The molecule has 120 valence electrons. The third-order valence-electron chi connectivity index (χ3n) is 3.10. The minimum atomic E-state index is -0.267. The van der Waals surface area contributed by atoms with Crippen LogP contribution in [0.3, 0.4) is 0 Å². The average molecular weight is 296 g/mol. The first kappa shape index (κ1) is 17.4. The van der Waals surface area contributed by atoms with Crippen molar-refractivity contribution in [1.29, 1.82) is 0 Å². The molecule has 0 fully saturated rings. The van der Waals surface area contributed by atoms with Gasteiger partial charge in [0.25, 0.3) is 0 Å². The molecule has 0 spiro atoms. The van der Waals surface area contributed by atoms with E-state index in [1.165, 1.54) is 0 Å². The van der Waals surface area contributed by atoms with Crippen LogP contribution in [-0.2, 0) is 4.74 Å². The van der Waals surface area contributed by atoms with Gasteiger partial charge in [-0.1, -0.05) is 0 Å². The SMILES string of the molecule is CCOC(C)(C)CNc1nc(NC)nc(N(CC)CC)n1. The smallest absolute Gasteiger partial charge is 0.231 e. The van der Waals surface area contributed by atoms with E-state index in [1.54, 1.807) is 7.05 Å². The lowest BCUT2D eigenvalue weighted by molar-refractivity contribution is 0.000581. The molecule has 0 radical (unpaired) electrons. The van der Waals surface area contributed by atoms with Gasteiger partial charge >= 0.3 is 0 Å². The Morgan fingerprint density at radius 2 is 1.67 bits per heavy atom. The molecular formula is C14H28N6O. The number of nitrogens with one attached hydrogen (secondary N) is 2. The molecule has 0 atom stereocenters. The van der Waals surface area contributed by atoms with Crippen LogP contribution in [0.4, 0.5) is 17.8 Å². The summed E-state index contributed by atoms with van der Waals surface area (Å²) in [5, 5.41) is 6.21. The van der Waals surface area contributed by atoms with Crippen LogP contribution in [0, 0.1) is 0 Å². The summed E-state index contributed by atoms with van der Waals surface area (Å²) in [4.78, 5) is 15.3. The minimum absolute atomic E-state index is 0.267. The van der Waals surface area contributed by atoms with Gasteiger partial charge in [-0.25, -0.2) is 0 Å². The molecule has 0 unspecified atom stereocenters. The van der Waals surface area contributed by atoms with Crippen molar-refractivity contribution in [2.75, 3.05) is 48.8 Å². The average Bonchev–Trinajstić information content (AvgIpc) is 2.46. The summed E-state index contributed by atoms with van der Waals surface area (Å²) in [5.74, 6) is 1.80. The summed E-state index contributed by atoms with van der Waals surface area (Å²) >= 11 is 0. The zero-order valence-corrected chi connectivity index (χ0v) is 14.0. The minimum Gasteiger partial charge on any atom is -0.374 e. The predicted molar refractivity (Wildman–Crippen MR) is 87.1 cm³/mol. The van der Waals surface area contributed by atoms with Gasteiger partial charge in [0, 0.05) is 33.3 Å². The molecule has 0 bridgehead atoms. The lowest BCUT2D eigenvalue weighted by atomic mass is 10.1. The Balaban J connectivity index is 2.89. The van der Waals surface area contributed by atoms with Crippen molar-refractivity contribution in [2.24, 2.45) is 0 Å². The van der Waals surface area contributed by atoms with Crippen LogP contribution in [-0.4, -0.2) is 53.8 Å². The molecule has 21 heavy (non-hydrogen) atoms. The van der Waals surface area contributed by atoms with E-state index in [-0.39, 0.29) is 5.60 Å². The van der Waals surface area contributed by atoms with Gasteiger partial charge < -0.3 is 20.3 Å². The summed E-state index contributed by atoms with van der Waals surface area (Å²) in [6.45, 7) is 13.2. The molecule has 2 N–H and O–H groups in total. The Bertz CT molecular complexity index is 433. The Hall–Kier alpha value is -1.63. The van der Waals surface area contributed by atoms with Crippen LogP contribution >= 0.6 is 0 Å². The van der Waals surface area contributed by atoms with Crippen molar-refractivity contribution in [3.8, 4) is 0 Å². The normalized spacial score (nSPS) is 11.3. The summed E-state index contributed by atoms with van der Waals surface area (Å²) in [5.41, 5.74) is -0.267. The monoisotopic (exact) mass is 296 g/mol. The zero-order chi connectivity index (χ0) is 15.9. The molecule has 1 aromatic rings. The molecule has 0 aliphatic carbocycles. The highest BCUT2D eigenvalue weighted by molar-refractivity contribution is 5.43. The molecule has 7 heteroatoms. The van der Waals surface area contributed by atoms with E-state index in [9.17, 15) is 0 Å². The van der Waals surface area contributed by atoms with Gasteiger partial charge in [0.05, 0.1) is 5.60 Å². The van der Waals surface area contributed by atoms with Crippen molar-refractivity contribution in [3.05, 3.63) is 0 Å². The maximum absolute atomic E-state index is 5.67. The highest BCUT2D eigenvalue weighted by atomic mass is 16.5. The Labute approximate surface area is 127 Å².